The molecule has 1 aromatic heterocycles. The molecule has 30 heavy (non-hydrogen) atoms. The number of guanidine groups is 1. The van der Waals surface area contributed by atoms with Crippen molar-refractivity contribution in [1.29, 1.82) is 0 Å². The van der Waals surface area contributed by atoms with E-state index in [-0.39, 0.29) is 24.0 Å². The van der Waals surface area contributed by atoms with Crippen molar-refractivity contribution in [2.75, 3.05) is 38.2 Å². The minimum absolute atomic E-state index is 0. The maximum atomic E-state index is 5.99. The van der Waals surface area contributed by atoms with Gasteiger partial charge < -0.3 is 20.3 Å². The molecular weight excluding hydrogens is 489 g/mol. The summed E-state index contributed by atoms with van der Waals surface area (Å²) in [6.07, 6.45) is 3.98. The molecule has 1 aromatic carbocycles. The number of hydrogen-bond donors (Lipinski definition) is 2. The Morgan fingerprint density at radius 3 is 2.57 bits per heavy atom. The zero-order valence-corrected chi connectivity index (χ0v) is 20.5. The summed E-state index contributed by atoms with van der Waals surface area (Å²) in [6, 6.07) is 14.7. The zero-order valence-electron chi connectivity index (χ0n) is 18.2. The van der Waals surface area contributed by atoms with Gasteiger partial charge >= 0.3 is 0 Å². The molecule has 0 bridgehead atoms. The lowest BCUT2D eigenvalue weighted by Gasteiger charge is -2.33. The third-order valence-corrected chi connectivity index (χ3v) is 5.23. The van der Waals surface area contributed by atoms with Crippen LogP contribution >= 0.6 is 24.0 Å². The number of anilines is 1. The highest BCUT2D eigenvalue weighted by Gasteiger charge is 2.20. The van der Waals surface area contributed by atoms with E-state index >= 15 is 0 Å². The molecule has 0 saturated carbocycles. The molecule has 3 rings (SSSR count). The van der Waals surface area contributed by atoms with Crippen molar-refractivity contribution in [1.82, 2.24) is 15.6 Å². The quantitative estimate of drug-likeness (QED) is 0.248. The first-order valence-electron chi connectivity index (χ1n) is 10.5. The van der Waals surface area contributed by atoms with Gasteiger partial charge in [0.25, 0.3) is 0 Å². The Morgan fingerprint density at radius 1 is 1.17 bits per heavy atom. The first-order chi connectivity index (χ1) is 14.2. The Labute approximate surface area is 197 Å². The zero-order chi connectivity index (χ0) is 20.5. The molecule has 1 aliphatic rings. The first kappa shape index (κ1) is 24.2. The number of para-hydroxylation sites is 1. The largest absolute Gasteiger partial charge is 0.491 e. The van der Waals surface area contributed by atoms with Crippen LogP contribution in [0.4, 0.5) is 5.82 Å². The second kappa shape index (κ2) is 12.6. The average Bonchev–Trinajstić information content (AvgIpc) is 2.77. The Morgan fingerprint density at radius 2 is 1.90 bits per heavy atom. The van der Waals surface area contributed by atoms with Crippen molar-refractivity contribution in [3.8, 4) is 5.75 Å². The van der Waals surface area contributed by atoms with E-state index in [0.717, 1.165) is 43.5 Å². The highest BCUT2D eigenvalue weighted by atomic mass is 127. The van der Waals surface area contributed by atoms with Gasteiger partial charge in [0.1, 0.15) is 18.2 Å². The summed E-state index contributed by atoms with van der Waals surface area (Å²) in [5.74, 6) is 3.31. The minimum Gasteiger partial charge on any atom is -0.491 e. The van der Waals surface area contributed by atoms with Gasteiger partial charge in [-0.25, -0.2) is 4.98 Å². The fourth-order valence-electron chi connectivity index (χ4n) is 3.60. The monoisotopic (exact) mass is 523 g/mol. The topological polar surface area (TPSA) is 61.8 Å². The highest BCUT2D eigenvalue weighted by molar-refractivity contribution is 14.0. The van der Waals surface area contributed by atoms with Crippen molar-refractivity contribution in [3.05, 3.63) is 54.2 Å². The van der Waals surface area contributed by atoms with Crippen LogP contribution in [-0.4, -0.2) is 50.3 Å². The van der Waals surface area contributed by atoms with Crippen molar-refractivity contribution >= 4 is 35.8 Å². The van der Waals surface area contributed by atoms with Gasteiger partial charge in [-0.05, 0) is 42.5 Å². The van der Waals surface area contributed by atoms with Gasteiger partial charge in [0.05, 0.1) is 6.54 Å². The number of benzene rings is 1. The molecule has 2 heterocycles. The third kappa shape index (κ3) is 7.04. The lowest BCUT2D eigenvalue weighted by Crippen LogP contribution is -2.49. The van der Waals surface area contributed by atoms with E-state index in [1.165, 1.54) is 5.56 Å². The third-order valence-electron chi connectivity index (χ3n) is 5.23. The van der Waals surface area contributed by atoms with Crippen LogP contribution in [-0.2, 0) is 0 Å². The van der Waals surface area contributed by atoms with E-state index in [1.54, 1.807) is 0 Å². The molecule has 2 aromatic rings. The Kier molecular flexibility index (Phi) is 10.2. The fraction of sp³-hybridized carbons (Fsp3) is 0.478. The van der Waals surface area contributed by atoms with Gasteiger partial charge in [-0.3, -0.25) is 4.99 Å². The Bertz CT molecular complexity index is 776. The molecule has 2 N–H and O–H groups in total. The summed E-state index contributed by atoms with van der Waals surface area (Å²) < 4.78 is 5.99. The number of hydrogen-bond acceptors (Lipinski definition) is 4. The minimum atomic E-state index is 0. The summed E-state index contributed by atoms with van der Waals surface area (Å²) in [7, 11) is 1.81. The van der Waals surface area contributed by atoms with Gasteiger partial charge in [0.15, 0.2) is 5.96 Å². The summed E-state index contributed by atoms with van der Waals surface area (Å²) in [6.45, 7) is 7.68. The maximum absolute atomic E-state index is 5.99. The van der Waals surface area contributed by atoms with Crippen LogP contribution in [0.3, 0.4) is 0 Å². The first-order valence-corrected chi connectivity index (χ1v) is 10.5. The van der Waals surface area contributed by atoms with E-state index in [1.807, 2.05) is 37.5 Å². The van der Waals surface area contributed by atoms with Gasteiger partial charge in [0.2, 0.25) is 0 Å². The van der Waals surface area contributed by atoms with Gasteiger partial charge in [0, 0.05) is 32.4 Å². The van der Waals surface area contributed by atoms with Gasteiger partial charge in [-0.1, -0.05) is 38.1 Å². The summed E-state index contributed by atoms with van der Waals surface area (Å²) in [5.41, 5.74) is 1.25. The number of nitrogens with zero attached hydrogens (tertiary/aromatic N) is 3. The van der Waals surface area contributed by atoms with E-state index in [2.05, 4.69) is 57.6 Å². The molecular formula is C23H34IN5O. The number of piperidine rings is 1. The van der Waals surface area contributed by atoms with Crippen LogP contribution < -0.4 is 20.3 Å². The normalized spacial score (nSPS) is 14.9. The van der Waals surface area contributed by atoms with Crippen molar-refractivity contribution in [3.63, 3.8) is 0 Å². The molecule has 1 fully saturated rings. The van der Waals surface area contributed by atoms with Gasteiger partial charge in [-0.2, -0.15) is 0 Å². The maximum Gasteiger partial charge on any atom is 0.191 e. The summed E-state index contributed by atoms with van der Waals surface area (Å²) >= 11 is 0. The number of rotatable bonds is 7. The van der Waals surface area contributed by atoms with Crippen molar-refractivity contribution in [2.24, 2.45) is 4.99 Å². The molecule has 164 valence electrons. The Hall–Kier alpha value is -2.03. The second-order valence-electron chi connectivity index (χ2n) is 7.63. The summed E-state index contributed by atoms with van der Waals surface area (Å²) in [5, 5.41) is 6.91. The number of aliphatic imine (C=N–C) groups is 1. The van der Waals surface area contributed by atoms with Crippen LogP contribution in [0.2, 0.25) is 0 Å². The predicted octanol–water partition coefficient (Wildman–Crippen LogP) is 4.04. The van der Waals surface area contributed by atoms with E-state index in [4.69, 9.17) is 4.74 Å². The molecule has 6 nitrogen and oxygen atoms in total. The Balaban J connectivity index is 0.00000320. The number of nitrogens with one attached hydrogen (secondary N) is 2. The van der Waals surface area contributed by atoms with Gasteiger partial charge in [-0.15, -0.1) is 24.0 Å². The van der Waals surface area contributed by atoms with Crippen LogP contribution in [0.1, 0.15) is 38.2 Å². The van der Waals surface area contributed by atoms with E-state index < -0.39 is 0 Å². The lowest BCUT2D eigenvalue weighted by atomic mass is 10.0. The second-order valence-corrected chi connectivity index (χ2v) is 7.63. The fourth-order valence-corrected chi connectivity index (χ4v) is 3.60. The molecule has 0 atom stereocenters. The van der Waals surface area contributed by atoms with Crippen LogP contribution in [0.5, 0.6) is 5.75 Å². The van der Waals surface area contributed by atoms with Crippen molar-refractivity contribution < 1.29 is 4.74 Å². The van der Waals surface area contributed by atoms with Crippen LogP contribution in [0.25, 0.3) is 0 Å². The molecule has 0 amide bonds. The van der Waals surface area contributed by atoms with Crippen LogP contribution in [0, 0.1) is 0 Å². The SMILES string of the molecule is CN=C(NCCOc1ccccc1C(C)C)NC1CCN(c2ccccn2)CC1.I. The molecule has 0 aliphatic carbocycles. The molecule has 0 spiro atoms. The molecule has 1 aliphatic heterocycles. The van der Waals surface area contributed by atoms with Crippen molar-refractivity contribution in [2.45, 2.75) is 38.6 Å². The predicted molar refractivity (Wildman–Crippen MR) is 135 cm³/mol. The standard InChI is InChI=1S/C23H33N5O.HI/c1-18(2)20-8-4-5-9-21(20)29-17-14-26-23(24-3)27-19-11-15-28(16-12-19)22-10-6-7-13-25-22;/h4-10,13,18-19H,11-12,14-17H2,1-3H3,(H2,24,26,27);1H. The number of aromatic nitrogens is 1. The highest BCUT2D eigenvalue weighted by Crippen LogP contribution is 2.25. The smallest absolute Gasteiger partial charge is 0.191 e. The molecule has 0 unspecified atom stereocenters. The number of ether oxygens (including phenoxy) is 1. The molecule has 7 heteroatoms. The summed E-state index contributed by atoms with van der Waals surface area (Å²) in [4.78, 5) is 11.2. The number of halogens is 1. The molecule has 0 radical (unpaired) electrons. The number of pyridine rings is 1. The van der Waals surface area contributed by atoms with E-state index in [9.17, 15) is 0 Å². The van der Waals surface area contributed by atoms with E-state index in [0.29, 0.717) is 25.1 Å². The van der Waals surface area contributed by atoms with Crippen LogP contribution in [0.15, 0.2) is 53.7 Å². The molecule has 1 saturated heterocycles. The average molecular weight is 523 g/mol. The lowest BCUT2D eigenvalue weighted by molar-refractivity contribution is 0.317.